The summed E-state index contributed by atoms with van der Waals surface area (Å²) in [7, 11) is 0. The highest BCUT2D eigenvalue weighted by Gasteiger charge is 2.41. The van der Waals surface area contributed by atoms with E-state index in [9.17, 15) is 13.2 Å². The SMILES string of the molecule is CCC(CCC(C)C)C1CCC(C2CCC(F)C(F)C2)C(F)C1. The minimum absolute atomic E-state index is 0.0281. The van der Waals surface area contributed by atoms with Gasteiger partial charge in [-0.05, 0) is 74.5 Å². The van der Waals surface area contributed by atoms with Crippen molar-refractivity contribution in [1.29, 1.82) is 0 Å². The highest BCUT2D eigenvalue weighted by molar-refractivity contribution is 4.91. The second kappa shape index (κ2) is 8.76. The second-order valence-electron chi connectivity index (χ2n) is 8.50. The summed E-state index contributed by atoms with van der Waals surface area (Å²) in [4.78, 5) is 0. The van der Waals surface area contributed by atoms with Crippen molar-refractivity contribution in [2.75, 3.05) is 0 Å². The molecule has 2 saturated carbocycles. The summed E-state index contributed by atoms with van der Waals surface area (Å²) >= 11 is 0. The Morgan fingerprint density at radius 1 is 0.826 bits per heavy atom. The highest BCUT2D eigenvalue weighted by Crippen LogP contribution is 2.45. The van der Waals surface area contributed by atoms with Crippen LogP contribution in [0.3, 0.4) is 0 Å². The molecule has 0 aromatic carbocycles. The largest absolute Gasteiger partial charge is 0.247 e. The topological polar surface area (TPSA) is 0 Å². The minimum atomic E-state index is -1.37. The van der Waals surface area contributed by atoms with E-state index in [2.05, 4.69) is 20.8 Å². The molecule has 0 radical (unpaired) electrons. The fourth-order valence-corrected chi connectivity index (χ4v) is 4.95. The molecular formula is C20H35F3. The summed E-state index contributed by atoms with van der Waals surface area (Å²) in [6.45, 7) is 6.72. The molecule has 0 amide bonds. The second-order valence-corrected chi connectivity index (χ2v) is 8.50. The van der Waals surface area contributed by atoms with Gasteiger partial charge >= 0.3 is 0 Å². The van der Waals surface area contributed by atoms with Gasteiger partial charge in [-0.25, -0.2) is 13.2 Å². The summed E-state index contributed by atoms with van der Waals surface area (Å²) in [5.74, 6) is 1.86. The number of hydrogen-bond donors (Lipinski definition) is 0. The Morgan fingerprint density at radius 2 is 1.57 bits per heavy atom. The fourth-order valence-electron chi connectivity index (χ4n) is 4.95. The quantitative estimate of drug-likeness (QED) is 0.509. The molecular weight excluding hydrogens is 297 g/mol. The first-order valence-electron chi connectivity index (χ1n) is 9.84. The molecule has 7 atom stereocenters. The highest BCUT2D eigenvalue weighted by atomic mass is 19.2. The fraction of sp³-hybridized carbons (Fsp3) is 1.00. The molecule has 0 aromatic heterocycles. The molecule has 2 aliphatic carbocycles. The molecule has 0 aromatic rings. The van der Waals surface area contributed by atoms with Crippen molar-refractivity contribution in [3.63, 3.8) is 0 Å². The van der Waals surface area contributed by atoms with Crippen molar-refractivity contribution in [1.82, 2.24) is 0 Å². The summed E-state index contributed by atoms with van der Waals surface area (Å²) in [6, 6.07) is 0. The predicted molar refractivity (Wildman–Crippen MR) is 90.7 cm³/mol. The lowest BCUT2D eigenvalue weighted by Gasteiger charge is -2.41. The van der Waals surface area contributed by atoms with E-state index in [0.29, 0.717) is 30.6 Å². The third kappa shape index (κ3) is 5.13. The summed E-state index contributed by atoms with van der Waals surface area (Å²) in [6.07, 6.45) is 3.85. The van der Waals surface area contributed by atoms with Crippen LogP contribution >= 0.6 is 0 Å². The van der Waals surface area contributed by atoms with Crippen LogP contribution in [-0.4, -0.2) is 18.5 Å². The zero-order valence-corrected chi connectivity index (χ0v) is 15.1. The Hall–Kier alpha value is -0.210. The lowest BCUT2D eigenvalue weighted by molar-refractivity contribution is 0.00970. The molecule has 0 N–H and O–H groups in total. The molecule has 0 bridgehead atoms. The van der Waals surface area contributed by atoms with Gasteiger partial charge < -0.3 is 0 Å². The first-order chi connectivity index (χ1) is 10.9. The average molecular weight is 332 g/mol. The predicted octanol–water partition coefficient (Wildman–Crippen LogP) is 6.68. The maximum Gasteiger partial charge on any atom is 0.131 e. The molecule has 2 rings (SSSR count). The van der Waals surface area contributed by atoms with Crippen LogP contribution in [0.1, 0.15) is 78.6 Å². The lowest BCUT2D eigenvalue weighted by Crippen LogP contribution is -2.38. The third-order valence-corrected chi connectivity index (χ3v) is 6.51. The van der Waals surface area contributed by atoms with Gasteiger partial charge in [0.05, 0.1) is 0 Å². The van der Waals surface area contributed by atoms with E-state index in [1.165, 1.54) is 12.8 Å². The van der Waals surface area contributed by atoms with E-state index in [1.807, 2.05) is 0 Å². The monoisotopic (exact) mass is 332 g/mol. The van der Waals surface area contributed by atoms with Gasteiger partial charge in [-0.3, -0.25) is 0 Å². The molecule has 0 aliphatic heterocycles. The Bertz CT molecular complexity index is 344. The molecule has 136 valence electrons. The minimum Gasteiger partial charge on any atom is -0.247 e. The van der Waals surface area contributed by atoms with Crippen molar-refractivity contribution >= 4 is 0 Å². The van der Waals surface area contributed by atoms with Gasteiger partial charge in [0.1, 0.15) is 18.5 Å². The standard InChI is InChI=1S/C20H35F3/c1-4-14(6-5-13(2)3)15-7-9-17(19(22)11-15)16-8-10-18(21)20(23)12-16/h13-20H,4-12H2,1-3H3. The van der Waals surface area contributed by atoms with Gasteiger partial charge in [0.2, 0.25) is 0 Å². The molecule has 0 saturated heterocycles. The average Bonchev–Trinajstić information content (AvgIpc) is 2.51. The van der Waals surface area contributed by atoms with Crippen LogP contribution in [0, 0.1) is 29.6 Å². The summed E-state index contributed by atoms with van der Waals surface area (Å²) < 4.78 is 41.7. The van der Waals surface area contributed by atoms with Gasteiger partial charge in [0.25, 0.3) is 0 Å². The van der Waals surface area contributed by atoms with Crippen molar-refractivity contribution in [2.45, 2.75) is 97.1 Å². The van der Waals surface area contributed by atoms with E-state index in [0.717, 1.165) is 19.3 Å². The van der Waals surface area contributed by atoms with Gasteiger partial charge in [-0.1, -0.05) is 33.6 Å². The maximum absolute atomic E-state index is 14.8. The van der Waals surface area contributed by atoms with Crippen LogP contribution < -0.4 is 0 Å². The Morgan fingerprint density at radius 3 is 2.13 bits per heavy atom. The van der Waals surface area contributed by atoms with Crippen molar-refractivity contribution in [3.8, 4) is 0 Å². The van der Waals surface area contributed by atoms with E-state index in [1.54, 1.807) is 0 Å². The normalized spacial score (nSPS) is 40.3. The molecule has 2 fully saturated rings. The molecule has 2 aliphatic rings. The Kier molecular flexibility index (Phi) is 7.28. The lowest BCUT2D eigenvalue weighted by atomic mass is 9.66. The van der Waals surface area contributed by atoms with Gasteiger partial charge in [0.15, 0.2) is 0 Å². The Labute approximate surface area is 140 Å². The molecule has 7 unspecified atom stereocenters. The number of rotatable bonds is 6. The van der Waals surface area contributed by atoms with E-state index < -0.39 is 18.5 Å². The number of alkyl halides is 3. The van der Waals surface area contributed by atoms with Crippen molar-refractivity contribution in [2.24, 2.45) is 29.6 Å². The molecule has 0 nitrogen and oxygen atoms in total. The van der Waals surface area contributed by atoms with Crippen LogP contribution in [0.4, 0.5) is 13.2 Å². The van der Waals surface area contributed by atoms with E-state index in [4.69, 9.17) is 0 Å². The Balaban J connectivity index is 1.86. The van der Waals surface area contributed by atoms with Crippen LogP contribution in [0.5, 0.6) is 0 Å². The van der Waals surface area contributed by atoms with Gasteiger partial charge in [0, 0.05) is 0 Å². The van der Waals surface area contributed by atoms with Crippen LogP contribution in [0.15, 0.2) is 0 Å². The number of hydrogen-bond acceptors (Lipinski definition) is 0. The zero-order chi connectivity index (χ0) is 17.0. The van der Waals surface area contributed by atoms with E-state index >= 15 is 0 Å². The van der Waals surface area contributed by atoms with Gasteiger partial charge in [-0.15, -0.1) is 0 Å². The van der Waals surface area contributed by atoms with Crippen LogP contribution in [0.2, 0.25) is 0 Å². The zero-order valence-electron chi connectivity index (χ0n) is 15.1. The molecule has 0 spiro atoms. The first kappa shape index (κ1) is 19.1. The van der Waals surface area contributed by atoms with Crippen LogP contribution in [0.25, 0.3) is 0 Å². The molecule has 23 heavy (non-hydrogen) atoms. The maximum atomic E-state index is 14.8. The molecule has 0 heterocycles. The number of halogens is 3. The van der Waals surface area contributed by atoms with Crippen LogP contribution in [-0.2, 0) is 0 Å². The van der Waals surface area contributed by atoms with Gasteiger partial charge in [-0.2, -0.15) is 0 Å². The van der Waals surface area contributed by atoms with Crippen molar-refractivity contribution in [3.05, 3.63) is 0 Å². The van der Waals surface area contributed by atoms with Crippen molar-refractivity contribution < 1.29 is 13.2 Å². The molecule has 3 heteroatoms. The third-order valence-electron chi connectivity index (χ3n) is 6.51. The smallest absolute Gasteiger partial charge is 0.131 e. The summed E-state index contributed by atoms with van der Waals surface area (Å²) in [5.41, 5.74) is 0. The first-order valence-corrected chi connectivity index (χ1v) is 9.84. The van der Waals surface area contributed by atoms with E-state index in [-0.39, 0.29) is 24.7 Å². The summed E-state index contributed by atoms with van der Waals surface area (Å²) in [5, 5.41) is 0.